The lowest BCUT2D eigenvalue weighted by Gasteiger charge is -2.27. The second-order valence-electron chi connectivity index (χ2n) is 5.90. The fourth-order valence-electron chi connectivity index (χ4n) is 2.61. The van der Waals surface area contributed by atoms with Crippen LogP contribution in [0.15, 0.2) is 24.5 Å². The second-order valence-corrected chi connectivity index (χ2v) is 5.90. The Balaban J connectivity index is 2.13. The van der Waals surface area contributed by atoms with E-state index in [9.17, 15) is 15.3 Å². The van der Waals surface area contributed by atoms with E-state index < -0.39 is 17.8 Å². The van der Waals surface area contributed by atoms with E-state index >= 15 is 0 Å². The summed E-state index contributed by atoms with van der Waals surface area (Å²) >= 11 is 0. The normalized spacial score (nSPS) is 31.6. The van der Waals surface area contributed by atoms with Crippen LogP contribution in [-0.4, -0.2) is 50.7 Å². The lowest BCUT2D eigenvalue weighted by atomic mass is 9.94. The molecule has 0 aromatic carbocycles. The van der Waals surface area contributed by atoms with E-state index in [1.165, 1.54) is 0 Å². The van der Waals surface area contributed by atoms with Gasteiger partial charge in [-0.3, -0.25) is 4.98 Å². The predicted octanol–water partition coefficient (Wildman–Crippen LogP) is 0.0198. The molecule has 0 aliphatic heterocycles. The van der Waals surface area contributed by atoms with Crippen LogP contribution in [0.25, 0.3) is 0 Å². The number of rotatable bonds is 4. The van der Waals surface area contributed by atoms with Crippen molar-refractivity contribution in [1.29, 1.82) is 0 Å². The summed E-state index contributed by atoms with van der Waals surface area (Å²) in [5.74, 6) is 0.0235. The minimum Gasteiger partial charge on any atom is -0.390 e. The molecule has 1 saturated carbocycles. The van der Waals surface area contributed by atoms with Crippen LogP contribution >= 0.6 is 0 Å². The molecule has 1 aliphatic carbocycles. The minimum absolute atomic E-state index is 0.0235. The summed E-state index contributed by atoms with van der Waals surface area (Å²) in [6, 6.07) is 3.53. The molecule has 0 unspecified atom stereocenters. The van der Waals surface area contributed by atoms with E-state index in [-0.39, 0.29) is 12.0 Å². The van der Waals surface area contributed by atoms with Crippen molar-refractivity contribution in [2.24, 2.45) is 0 Å². The molecule has 2 rings (SSSR count). The first kappa shape index (κ1) is 14.4. The number of pyridine rings is 1. The first-order chi connectivity index (χ1) is 8.88. The fourth-order valence-corrected chi connectivity index (χ4v) is 2.61. The zero-order valence-corrected chi connectivity index (χ0v) is 11.3. The zero-order chi connectivity index (χ0) is 14.0. The molecule has 4 N–H and O–H groups in total. The number of aromatic nitrogens is 1. The zero-order valence-electron chi connectivity index (χ0n) is 11.3. The molecule has 0 spiro atoms. The molecule has 1 heterocycles. The summed E-state index contributed by atoms with van der Waals surface area (Å²) in [5, 5.41) is 32.9. The van der Waals surface area contributed by atoms with Gasteiger partial charge in [0.05, 0.1) is 17.8 Å². The largest absolute Gasteiger partial charge is 0.390 e. The molecule has 1 fully saturated rings. The molecule has 106 valence electrons. The number of hydrogen-bond donors (Lipinski definition) is 4. The quantitative estimate of drug-likeness (QED) is 0.617. The monoisotopic (exact) mass is 266 g/mol. The third-order valence-electron chi connectivity index (χ3n) is 3.60. The second kappa shape index (κ2) is 5.54. The highest BCUT2D eigenvalue weighted by Crippen LogP contribution is 2.35. The Bertz CT molecular complexity index is 405. The van der Waals surface area contributed by atoms with Gasteiger partial charge in [-0.15, -0.1) is 0 Å². The van der Waals surface area contributed by atoms with E-state index in [1.807, 2.05) is 12.1 Å². The van der Waals surface area contributed by atoms with Gasteiger partial charge in [0, 0.05) is 30.9 Å². The van der Waals surface area contributed by atoms with Gasteiger partial charge in [0.25, 0.3) is 0 Å². The van der Waals surface area contributed by atoms with Gasteiger partial charge < -0.3 is 20.6 Å². The van der Waals surface area contributed by atoms with Crippen molar-refractivity contribution in [3.8, 4) is 0 Å². The van der Waals surface area contributed by atoms with Gasteiger partial charge in [-0.25, -0.2) is 0 Å². The lowest BCUT2D eigenvalue weighted by molar-refractivity contribution is 0.0212. The third-order valence-corrected chi connectivity index (χ3v) is 3.60. The molecule has 1 aliphatic rings. The van der Waals surface area contributed by atoms with Gasteiger partial charge in [-0.2, -0.15) is 0 Å². The maximum atomic E-state index is 10.1. The summed E-state index contributed by atoms with van der Waals surface area (Å²) in [6.07, 6.45) is 2.37. The Hall–Kier alpha value is -1.01. The molecule has 1 aromatic heterocycles. The molecule has 1 aromatic rings. The van der Waals surface area contributed by atoms with Crippen molar-refractivity contribution in [1.82, 2.24) is 10.3 Å². The van der Waals surface area contributed by atoms with E-state index in [4.69, 9.17) is 0 Å². The van der Waals surface area contributed by atoms with Crippen molar-refractivity contribution in [3.05, 3.63) is 30.1 Å². The molecule has 0 amide bonds. The van der Waals surface area contributed by atoms with Crippen LogP contribution in [0.5, 0.6) is 0 Å². The highest BCUT2D eigenvalue weighted by atomic mass is 16.3. The first-order valence-electron chi connectivity index (χ1n) is 6.60. The number of nitrogens with zero attached hydrogens (tertiary/aromatic N) is 1. The maximum Gasteiger partial charge on any atom is 0.0957 e. The van der Waals surface area contributed by atoms with Crippen LogP contribution < -0.4 is 5.32 Å². The highest BCUT2D eigenvalue weighted by Gasteiger charge is 2.42. The van der Waals surface area contributed by atoms with Gasteiger partial charge in [0.1, 0.15) is 0 Å². The molecular weight excluding hydrogens is 244 g/mol. The molecule has 4 atom stereocenters. The van der Waals surface area contributed by atoms with Gasteiger partial charge in [-0.05, 0) is 38.0 Å². The summed E-state index contributed by atoms with van der Waals surface area (Å²) in [6.45, 7) is 3.78. The average Bonchev–Trinajstić information content (AvgIpc) is 2.64. The molecule has 5 nitrogen and oxygen atoms in total. The molecule has 19 heavy (non-hydrogen) atoms. The van der Waals surface area contributed by atoms with Gasteiger partial charge in [0.2, 0.25) is 0 Å². The molecule has 0 saturated heterocycles. The van der Waals surface area contributed by atoms with Crippen molar-refractivity contribution in [3.63, 3.8) is 0 Å². The van der Waals surface area contributed by atoms with Crippen molar-refractivity contribution in [2.75, 3.05) is 6.54 Å². The van der Waals surface area contributed by atoms with Crippen LogP contribution in [0.3, 0.4) is 0 Å². The topological polar surface area (TPSA) is 85.6 Å². The molecular formula is C14H22N2O3. The summed E-state index contributed by atoms with van der Waals surface area (Å²) < 4.78 is 0. The van der Waals surface area contributed by atoms with Gasteiger partial charge >= 0.3 is 0 Å². The van der Waals surface area contributed by atoms with Crippen LogP contribution in [0.1, 0.15) is 31.7 Å². The van der Waals surface area contributed by atoms with Crippen molar-refractivity contribution < 1.29 is 15.3 Å². The minimum atomic E-state index is -0.851. The van der Waals surface area contributed by atoms with Crippen LogP contribution in [0, 0.1) is 0 Å². The number of nitrogens with one attached hydrogen (secondary N) is 1. The fraction of sp³-hybridized carbons (Fsp3) is 0.643. The Morgan fingerprint density at radius 3 is 2.53 bits per heavy atom. The van der Waals surface area contributed by atoms with Crippen LogP contribution in [0.2, 0.25) is 0 Å². The smallest absolute Gasteiger partial charge is 0.0957 e. The Kier molecular flexibility index (Phi) is 4.20. The number of aliphatic hydroxyl groups excluding tert-OH is 2. The lowest BCUT2D eigenvalue weighted by Crippen LogP contribution is -2.47. The van der Waals surface area contributed by atoms with E-state index in [1.54, 1.807) is 26.2 Å². The van der Waals surface area contributed by atoms with Crippen LogP contribution in [0.4, 0.5) is 0 Å². The summed E-state index contributed by atoms with van der Waals surface area (Å²) in [4.78, 5) is 3.98. The molecule has 0 bridgehead atoms. The van der Waals surface area contributed by atoms with Gasteiger partial charge in [0.15, 0.2) is 0 Å². The van der Waals surface area contributed by atoms with E-state index in [0.717, 1.165) is 5.56 Å². The highest BCUT2D eigenvalue weighted by molar-refractivity contribution is 5.22. The van der Waals surface area contributed by atoms with Crippen LogP contribution in [-0.2, 0) is 0 Å². The Morgan fingerprint density at radius 1 is 1.32 bits per heavy atom. The SMILES string of the molecule is CC(C)(O)CN[C@H]1[C@H](O)[C@H](O)C[C@@H]1c1ccncc1. The molecule has 5 heteroatoms. The third kappa shape index (κ3) is 3.51. The Labute approximate surface area is 113 Å². The first-order valence-corrected chi connectivity index (χ1v) is 6.60. The van der Waals surface area contributed by atoms with E-state index in [0.29, 0.717) is 13.0 Å². The predicted molar refractivity (Wildman–Crippen MR) is 71.7 cm³/mol. The van der Waals surface area contributed by atoms with Crippen molar-refractivity contribution in [2.45, 2.75) is 50.0 Å². The van der Waals surface area contributed by atoms with Crippen molar-refractivity contribution >= 4 is 0 Å². The standard InChI is InChI=1S/C14H22N2O3/c1-14(2,19)8-16-12-10(7-11(17)13(12)18)9-3-5-15-6-4-9/h3-6,10-13,16-19H,7-8H2,1-2H3/t10-,11-,12-,13-/m1/s1. The summed E-state index contributed by atoms with van der Waals surface area (Å²) in [7, 11) is 0. The average molecular weight is 266 g/mol. The Morgan fingerprint density at radius 2 is 1.95 bits per heavy atom. The summed E-state index contributed by atoms with van der Waals surface area (Å²) in [5.41, 5.74) is 0.189. The molecule has 0 radical (unpaired) electrons. The number of aliphatic hydroxyl groups is 3. The maximum absolute atomic E-state index is 10.1. The van der Waals surface area contributed by atoms with E-state index in [2.05, 4.69) is 10.3 Å². The number of hydrogen-bond acceptors (Lipinski definition) is 5. The van der Waals surface area contributed by atoms with Gasteiger partial charge in [-0.1, -0.05) is 0 Å².